The van der Waals surface area contributed by atoms with Gasteiger partial charge in [0.25, 0.3) is 11.8 Å². The molecule has 1 aromatic carbocycles. The Morgan fingerprint density at radius 3 is 2.16 bits per heavy atom. The molecule has 3 heterocycles. The van der Waals surface area contributed by atoms with Gasteiger partial charge in [-0.15, -0.1) is 12.4 Å². The van der Waals surface area contributed by atoms with E-state index in [9.17, 15) is 9.59 Å². The normalized spacial score (nSPS) is 24.5. The second-order valence-electron chi connectivity index (χ2n) is 6.83. The summed E-state index contributed by atoms with van der Waals surface area (Å²) in [5.74, 6) is -0.294. The highest BCUT2D eigenvalue weighted by atomic mass is 35.5. The molecule has 1 aromatic rings. The second-order valence-corrected chi connectivity index (χ2v) is 6.83. The molecule has 3 aliphatic rings. The lowest BCUT2D eigenvalue weighted by molar-refractivity contribution is 0.0599. The summed E-state index contributed by atoms with van der Waals surface area (Å²) in [5, 5.41) is 3.42. The molecule has 0 aliphatic carbocycles. The summed E-state index contributed by atoms with van der Waals surface area (Å²) in [7, 11) is 0. The van der Waals surface area contributed by atoms with Crippen molar-refractivity contribution in [3.8, 4) is 0 Å². The molecule has 1 unspecified atom stereocenters. The average molecular weight is 365 g/mol. The molecule has 25 heavy (non-hydrogen) atoms. The van der Waals surface area contributed by atoms with E-state index < -0.39 is 0 Å². The van der Waals surface area contributed by atoms with Crippen molar-refractivity contribution in [2.24, 2.45) is 0 Å². The van der Waals surface area contributed by atoms with E-state index in [4.69, 9.17) is 0 Å². The van der Waals surface area contributed by atoms with Crippen molar-refractivity contribution in [2.45, 2.75) is 12.5 Å². The summed E-state index contributed by atoms with van der Waals surface area (Å²) < 4.78 is 0. The summed E-state index contributed by atoms with van der Waals surface area (Å²) in [4.78, 5) is 31.1. The van der Waals surface area contributed by atoms with E-state index in [1.165, 1.54) is 11.3 Å². The maximum absolute atomic E-state index is 12.4. The first-order valence-electron chi connectivity index (χ1n) is 8.86. The number of hydrogen-bond acceptors (Lipinski definition) is 5. The van der Waals surface area contributed by atoms with Crippen molar-refractivity contribution in [2.75, 3.05) is 52.4 Å². The molecule has 0 saturated carbocycles. The lowest BCUT2D eigenvalue weighted by atomic mass is 10.1. The van der Waals surface area contributed by atoms with E-state index in [2.05, 4.69) is 15.1 Å². The summed E-state index contributed by atoms with van der Waals surface area (Å²) in [6.07, 6.45) is 1.25. The standard InChI is InChI=1S/C18H24N4O2.ClH/c23-17-15-3-1-2-4-16(15)18(24)22(17)12-9-20-7-10-21(11-8-20)14-5-6-19-13-14;/h1-4,14,19H,5-13H2;1H. The molecule has 1 N–H and O–H groups in total. The summed E-state index contributed by atoms with van der Waals surface area (Å²) in [6.45, 7) is 7.67. The predicted molar refractivity (Wildman–Crippen MR) is 98.3 cm³/mol. The number of halogens is 1. The first-order valence-corrected chi connectivity index (χ1v) is 8.86. The van der Waals surface area contributed by atoms with Crippen LogP contribution < -0.4 is 5.32 Å². The Morgan fingerprint density at radius 2 is 1.60 bits per heavy atom. The Kier molecular flexibility index (Phi) is 5.74. The Bertz CT molecular complexity index is 605. The molecule has 136 valence electrons. The lowest BCUT2D eigenvalue weighted by Gasteiger charge is -2.38. The van der Waals surface area contributed by atoms with Crippen LogP contribution in [0, 0.1) is 0 Å². The van der Waals surface area contributed by atoms with Gasteiger partial charge in [0.05, 0.1) is 11.1 Å². The fourth-order valence-corrected chi connectivity index (χ4v) is 3.99. The number of piperazine rings is 1. The van der Waals surface area contributed by atoms with Gasteiger partial charge in [-0.05, 0) is 25.1 Å². The van der Waals surface area contributed by atoms with Crippen molar-refractivity contribution in [3.05, 3.63) is 35.4 Å². The molecule has 4 rings (SSSR count). The Morgan fingerprint density at radius 1 is 0.960 bits per heavy atom. The van der Waals surface area contributed by atoms with Crippen molar-refractivity contribution in [1.29, 1.82) is 0 Å². The minimum Gasteiger partial charge on any atom is -0.315 e. The van der Waals surface area contributed by atoms with Crippen molar-refractivity contribution < 1.29 is 9.59 Å². The van der Waals surface area contributed by atoms with E-state index in [1.807, 2.05) is 12.1 Å². The minimum absolute atomic E-state index is 0. The molecule has 0 spiro atoms. The van der Waals surface area contributed by atoms with Crippen LogP contribution >= 0.6 is 12.4 Å². The highest BCUT2D eigenvalue weighted by Gasteiger charge is 2.35. The molecule has 6 nitrogen and oxygen atoms in total. The fraction of sp³-hybridized carbons (Fsp3) is 0.556. The van der Waals surface area contributed by atoms with E-state index >= 15 is 0 Å². The van der Waals surface area contributed by atoms with Gasteiger partial charge < -0.3 is 5.32 Å². The van der Waals surface area contributed by atoms with Crippen LogP contribution in [0.1, 0.15) is 27.1 Å². The molecule has 7 heteroatoms. The van der Waals surface area contributed by atoms with Crippen LogP contribution in [0.3, 0.4) is 0 Å². The van der Waals surface area contributed by atoms with Crippen LogP contribution in [0.2, 0.25) is 0 Å². The van der Waals surface area contributed by atoms with Crippen LogP contribution in [0.25, 0.3) is 0 Å². The summed E-state index contributed by atoms with van der Waals surface area (Å²) >= 11 is 0. The zero-order valence-electron chi connectivity index (χ0n) is 14.3. The Labute approximate surface area is 154 Å². The van der Waals surface area contributed by atoms with Gasteiger partial charge in [-0.2, -0.15) is 0 Å². The number of benzene rings is 1. The molecule has 1 atom stereocenters. The molecular formula is C18H25ClN4O2. The molecule has 2 amide bonds. The molecule has 2 saturated heterocycles. The number of fused-ring (bicyclic) bond motifs is 1. The largest absolute Gasteiger partial charge is 0.315 e. The van der Waals surface area contributed by atoms with Gasteiger partial charge in [0.15, 0.2) is 0 Å². The van der Waals surface area contributed by atoms with E-state index in [1.54, 1.807) is 12.1 Å². The van der Waals surface area contributed by atoms with Crippen LogP contribution in [-0.4, -0.2) is 84.9 Å². The topological polar surface area (TPSA) is 55.9 Å². The van der Waals surface area contributed by atoms with Crippen molar-refractivity contribution >= 4 is 24.2 Å². The quantitative estimate of drug-likeness (QED) is 0.796. The molecule has 0 bridgehead atoms. The summed E-state index contributed by atoms with van der Waals surface area (Å²) in [5.41, 5.74) is 1.09. The van der Waals surface area contributed by atoms with Crippen molar-refractivity contribution in [1.82, 2.24) is 20.0 Å². The fourth-order valence-electron chi connectivity index (χ4n) is 3.99. The van der Waals surface area contributed by atoms with Gasteiger partial charge in [-0.1, -0.05) is 12.1 Å². The predicted octanol–water partition coefficient (Wildman–Crippen LogP) is 0.684. The van der Waals surface area contributed by atoms with Crippen LogP contribution in [0.15, 0.2) is 24.3 Å². The lowest BCUT2D eigenvalue weighted by Crippen LogP contribution is -2.52. The Hall–Kier alpha value is -1.47. The third-order valence-corrected chi connectivity index (χ3v) is 5.48. The maximum Gasteiger partial charge on any atom is 0.261 e. The van der Waals surface area contributed by atoms with Crippen LogP contribution in [0.5, 0.6) is 0 Å². The van der Waals surface area contributed by atoms with Gasteiger partial charge in [-0.3, -0.25) is 24.3 Å². The number of hydrogen-bond donors (Lipinski definition) is 1. The van der Waals surface area contributed by atoms with E-state index in [-0.39, 0.29) is 24.2 Å². The number of nitrogens with one attached hydrogen (secondary N) is 1. The number of amides is 2. The minimum atomic E-state index is -0.147. The zero-order valence-corrected chi connectivity index (χ0v) is 15.1. The van der Waals surface area contributed by atoms with E-state index in [0.29, 0.717) is 23.7 Å². The van der Waals surface area contributed by atoms with Gasteiger partial charge >= 0.3 is 0 Å². The van der Waals surface area contributed by atoms with E-state index in [0.717, 1.165) is 45.8 Å². The van der Waals surface area contributed by atoms with Gasteiger partial charge in [0.2, 0.25) is 0 Å². The molecule has 2 fully saturated rings. The Balaban J connectivity index is 0.00000182. The van der Waals surface area contributed by atoms with Crippen LogP contribution in [-0.2, 0) is 0 Å². The number of carbonyl (C=O) groups is 2. The monoisotopic (exact) mass is 364 g/mol. The summed E-state index contributed by atoms with van der Waals surface area (Å²) in [6, 6.07) is 7.78. The van der Waals surface area contributed by atoms with Gasteiger partial charge in [-0.25, -0.2) is 0 Å². The maximum atomic E-state index is 12.4. The molecule has 0 radical (unpaired) electrons. The number of rotatable bonds is 4. The zero-order chi connectivity index (χ0) is 16.5. The second kappa shape index (κ2) is 7.83. The smallest absolute Gasteiger partial charge is 0.261 e. The SMILES string of the molecule is Cl.O=C1c2ccccc2C(=O)N1CCN1CCN(C2CCNC2)CC1. The molecule has 0 aromatic heterocycles. The van der Waals surface area contributed by atoms with Gasteiger partial charge in [0.1, 0.15) is 0 Å². The third kappa shape index (κ3) is 3.58. The van der Waals surface area contributed by atoms with Crippen molar-refractivity contribution in [3.63, 3.8) is 0 Å². The third-order valence-electron chi connectivity index (χ3n) is 5.48. The number of imide groups is 1. The number of nitrogens with zero attached hydrogens (tertiary/aromatic N) is 3. The average Bonchev–Trinajstić information content (AvgIpc) is 3.23. The highest BCUT2D eigenvalue weighted by molar-refractivity contribution is 6.21. The van der Waals surface area contributed by atoms with Crippen LogP contribution in [0.4, 0.5) is 0 Å². The molecular weight excluding hydrogens is 340 g/mol. The number of carbonyl (C=O) groups excluding carboxylic acids is 2. The highest BCUT2D eigenvalue weighted by Crippen LogP contribution is 2.22. The molecule has 3 aliphatic heterocycles. The first-order chi connectivity index (χ1) is 11.7. The first kappa shape index (κ1) is 18.3. The van der Waals surface area contributed by atoms with Gasteiger partial charge in [0, 0.05) is 51.9 Å².